The molecular formula is C15H19NO4. The highest BCUT2D eigenvalue weighted by Gasteiger charge is 2.27. The van der Waals surface area contributed by atoms with Gasteiger partial charge in [0.1, 0.15) is 6.61 Å². The first-order valence-corrected chi connectivity index (χ1v) is 6.79. The summed E-state index contributed by atoms with van der Waals surface area (Å²) < 4.78 is 4.71. The fourth-order valence-corrected chi connectivity index (χ4v) is 2.16. The van der Waals surface area contributed by atoms with Crippen molar-refractivity contribution >= 4 is 12.0 Å². The zero-order valence-corrected chi connectivity index (χ0v) is 11.5. The predicted octanol–water partition coefficient (Wildman–Crippen LogP) is 2.18. The van der Waals surface area contributed by atoms with Gasteiger partial charge in [-0.3, -0.25) is 4.79 Å². The Morgan fingerprint density at radius 2 is 2.10 bits per heavy atom. The third-order valence-electron chi connectivity index (χ3n) is 3.39. The van der Waals surface area contributed by atoms with E-state index in [1.165, 1.54) is 0 Å². The second-order valence-corrected chi connectivity index (χ2v) is 4.98. The summed E-state index contributed by atoms with van der Waals surface area (Å²) in [5.74, 6) is -0.233. The highest BCUT2D eigenvalue weighted by atomic mass is 16.6. The number of ether oxygens (including phenoxy) is 1. The molecule has 1 aromatic rings. The molecule has 0 bridgehead atoms. The number of aryl methyl sites for hydroxylation is 1. The van der Waals surface area contributed by atoms with Crippen LogP contribution in [0.15, 0.2) is 24.3 Å². The number of cyclic esters (lactones) is 1. The van der Waals surface area contributed by atoms with Gasteiger partial charge in [-0.2, -0.15) is 0 Å². The normalized spacial score (nSPS) is 16.1. The first-order valence-electron chi connectivity index (χ1n) is 6.79. The number of carbonyl (C=O) groups excluding carboxylic acids is 2. The lowest BCUT2D eigenvalue weighted by Gasteiger charge is -2.13. The van der Waals surface area contributed by atoms with Crippen molar-refractivity contribution in [3.05, 3.63) is 35.4 Å². The molecule has 0 aromatic heterocycles. The van der Waals surface area contributed by atoms with Gasteiger partial charge in [-0.15, -0.1) is 0 Å². The van der Waals surface area contributed by atoms with Gasteiger partial charge in [0.15, 0.2) is 0 Å². The molecule has 1 aliphatic heterocycles. The highest BCUT2D eigenvalue weighted by Crippen LogP contribution is 2.20. The Bertz CT molecular complexity index is 483. The lowest BCUT2D eigenvalue weighted by atomic mass is 10.0. The van der Waals surface area contributed by atoms with Gasteiger partial charge in [-0.25, -0.2) is 9.69 Å². The van der Waals surface area contributed by atoms with Gasteiger partial charge in [0.2, 0.25) is 5.91 Å². The van der Waals surface area contributed by atoms with Gasteiger partial charge >= 0.3 is 6.09 Å². The molecule has 0 radical (unpaired) electrons. The van der Waals surface area contributed by atoms with Crippen molar-refractivity contribution in [2.45, 2.75) is 32.3 Å². The maximum atomic E-state index is 11.8. The molecule has 5 heteroatoms. The second kappa shape index (κ2) is 6.52. The van der Waals surface area contributed by atoms with Gasteiger partial charge in [0.25, 0.3) is 0 Å². The maximum absolute atomic E-state index is 11.8. The summed E-state index contributed by atoms with van der Waals surface area (Å²) in [6.07, 6.45) is 0.149. The minimum absolute atomic E-state index is 0.233. The van der Waals surface area contributed by atoms with Gasteiger partial charge in [-0.05, 0) is 25.3 Å². The van der Waals surface area contributed by atoms with E-state index in [-0.39, 0.29) is 18.9 Å². The van der Waals surface area contributed by atoms with Crippen LogP contribution in [-0.2, 0) is 9.53 Å². The summed E-state index contributed by atoms with van der Waals surface area (Å²) in [7, 11) is 0. The summed E-state index contributed by atoms with van der Waals surface area (Å²) in [4.78, 5) is 24.1. The zero-order valence-electron chi connectivity index (χ0n) is 11.5. The van der Waals surface area contributed by atoms with Crippen LogP contribution in [-0.4, -0.2) is 35.2 Å². The largest absolute Gasteiger partial charge is 0.447 e. The van der Waals surface area contributed by atoms with Gasteiger partial charge in [0, 0.05) is 6.42 Å². The maximum Gasteiger partial charge on any atom is 0.416 e. The number of amides is 2. The Hall–Kier alpha value is -1.88. The van der Waals surface area contributed by atoms with Crippen LogP contribution in [0.3, 0.4) is 0 Å². The van der Waals surface area contributed by atoms with E-state index in [0.717, 1.165) is 16.0 Å². The van der Waals surface area contributed by atoms with Crippen molar-refractivity contribution in [1.29, 1.82) is 0 Å². The number of benzene rings is 1. The fraction of sp³-hybridized carbons (Fsp3) is 0.467. The second-order valence-electron chi connectivity index (χ2n) is 4.98. The van der Waals surface area contributed by atoms with Gasteiger partial charge in [0.05, 0.1) is 12.6 Å². The predicted molar refractivity (Wildman–Crippen MR) is 73.1 cm³/mol. The van der Waals surface area contributed by atoms with E-state index >= 15 is 0 Å². The molecule has 108 valence electrons. The van der Waals surface area contributed by atoms with Crippen molar-refractivity contribution < 1.29 is 19.4 Å². The number of rotatable bonds is 5. The molecule has 1 unspecified atom stereocenters. The van der Waals surface area contributed by atoms with Gasteiger partial charge < -0.3 is 9.84 Å². The first-order chi connectivity index (χ1) is 9.58. The standard InChI is InChI=1S/C15H19NO4/c1-11-5-7-12(8-6-11)13(17)3-2-4-14(18)16-9-10-20-15(16)19/h5-8,13,17H,2-4,9-10H2,1H3. The summed E-state index contributed by atoms with van der Waals surface area (Å²) in [6.45, 7) is 2.60. The number of imide groups is 1. The summed E-state index contributed by atoms with van der Waals surface area (Å²) >= 11 is 0. The molecule has 1 atom stereocenters. The van der Waals surface area contributed by atoms with Crippen LogP contribution in [0, 0.1) is 6.92 Å². The molecular weight excluding hydrogens is 258 g/mol. The van der Waals surface area contributed by atoms with Crippen molar-refractivity contribution in [1.82, 2.24) is 4.90 Å². The third-order valence-corrected chi connectivity index (χ3v) is 3.39. The number of nitrogens with zero attached hydrogens (tertiary/aromatic N) is 1. The average Bonchev–Trinajstić information content (AvgIpc) is 2.85. The Morgan fingerprint density at radius 3 is 2.70 bits per heavy atom. The lowest BCUT2D eigenvalue weighted by Crippen LogP contribution is -2.31. The van der Waals surface area contributed by atoms with Crippen molar-refractivity contribution in [2.75, 3.05) is 13.2 Å². The minimum atomic E-state index is -0.575. The summed E-state index contributed by atoms with van der Waals surface area (Å²) in [5, 5.41) is 10.0. The van der Waals surface area contributed by atoms with Crippen LogP contribution in [0.25, 0.3) is 0 Å². The van der Waals surface area contributed by atoms with E-state index in [1.54, 1.807) is 0 Å². The van der Waals surface area contributed by atoms with Crippen LogP contribution in [0.4, 0.5) is 4.79 Å². The van der Waals surface area contributed by atoms with E-state index in [9.17, 15) is 14.7 Å². The Labute approximate surface area is 118 Å². The first kappa shape index (κ1) is 14.5. The average molecular weight is 277 g/mol. The molecule has 5 nitrogen and oxygen atoms in total. The third kappa shape index (κ3) is 3.57. The number of hydrogen-bond acceptors (Lipinski definition) is 4. The van der Waals surface area contributed by atoms with Crippen molar-refractivity contribution in [3.63, 3.8) is 0 Å². The Kier molecular flexibility index (Phi) is 4.74. The Balaban J connectivity index is 1.76. The van der Waals surface area contributed by atoms with E-state index in [4.69, 9.17) is 4.74 Å². The molecule has 20 heavy (non-hydrogen) atoms. The molecule has 1 saturated heterocycles. The Morgan fingerprint density at radius 1 is 1.40 bits per heavy atom. The topological polar surface area (TPSA) is 66.8 Å². The number of carbonyl (C=O) groups is 2. The number of hydrogen-bond donors (Lipinski definition) is 1. The summed E-state index contributed by atoms with van der Waals surface area (Å²) in [6, 6.07) is 7.67. The number of aliphatic hydroxyl groups is 1. The molecule has 0 spiro atoms. The van der Waals surface area contributed by atoms with Crippen LogP contribution < -0.4 is 0 Å². The van der Waals surface area contributed by atoms with Crippen LogP contribution in [0.2, 0.25) is 0 Å². The molecule has 2 amide bonds. The number of aliphatic hydroxyl groups excluding tert-OH is 1. The lowest BCUT2D eigenvalue weighted by molar-refractivity contribution is -0.127. The quantitative estimate of drug-likeness (QED) is 0.895. The molecule has 0 saturated carbocycles. The SMILES string of the molecule is Cc1ccc(C(O)CCCC(=O)N2CCOC2=O)cc1. The van der Waals surface area contributed by atoms with Crippen LogP contribution in [0.1, 0.15) is 36.5 Å². The highest BCUT2D eigenvalue weighted by molar-refractivity contribution is 5.92. The van der Waals surface area contributed by atoms with Crippen LogP contribution >= 0.6 is 0 Å². The van der Waals surface area contributed by atoms with Crippen molar-refractivity contribution in [2.24, 2.45) is 0 Å². The zero-order chi connectivity index (χ0) is 14.5. The fourth-order valence-electron chi connectivity index (χ4n) is 2.16. The molecule has 1 N–H and O–H groups in total. The smallest absolute Gasteiger partial charge is 0.416 e. The van der Waals surface area contributed by atoms with Gasteiger partial charge in [-0.1, -0.05) is 29.8 Å². The monoisotopic (exact) mass is 277 g/mol. The minimum Gasteiger partial charge on any atom is -0.447 e. The van der Waals surface area contributed by atoms with E-state index in [2.05, 4.69) is 0 Å². The molecule has 2 rings (SSSR count). The molecule has 0 aliphatic carbocycles. The van der Waals surface area contributed by atoms with Crippen LogP contribution in [0.5, 0.6) is 0 Å². The van der Waals surface area contributed by atoms with Crippen molar-refractivity contribution in [3.8, 4) is 0 Å². The van der Waals surface area contributed by atoms with E-state index in [1.807, 2.05) is 31.2 Å². The molecule has 1 aliphatic rings. The molecule has 1 heterocycles. The van der Waals surface area contributed by atoms with E-state index < -0.39 is 12.2 Å². The molecule has 1 aromatic carbocycles. The van der Waals surface area contributed by atoms with E-state index in [0.29, 0.717) is 19.4 Å². The molecule has 1 fully saturated rings. The summed E-state index contributed by atoms with van der Waals surface area (Å²) in [5.41, 5.74) is 1.99.